The Hall–Kier alpha value is -1.12. The maximum absolute atomic E-state index is 12.9. The Balaban J connectivity index is 2.59. The monoisotopic (exact) mass is 316 g/mol. The highest BCUT2D eigenvalue weighted by molar-refractivity contribution is 7.89. The van der Waals surface area contributed by atoms with E-state index in [1.54, 1.807) is 10.6 Å². The van der Waals surface area contributed by atoms with Gasteiger partial charge in [0.2, 0.25) is 0 Å². The van der Waals surface area contributed by atoms with Gasteiger partial charge in [-0.1, -0.05) is 13.8 Å². The van der Waals surface area contributed by atoms with Crippen molar-refractivity contribution < 1.29 is 8.42 Å². The first-order chi connectivity index (χ1) is 9.56. The van der Waals surface area contributed by atoms with Gasteiger partial charge in [0, 0.05) is 31.2 Å². The fourth-order valence-corrected chi connectivity index (χ4v) is 4.65. The van der Waals surface area contributed by atoms with E-state index < -0.39 is 10.0 Å². The van der Waals surface area contributed by atoms with E-state index in [1.807, 2.05) is 26.2 Å². The molecule has 0 bridgehead atoms. The molecule has 2 aromatic rings. The third-order valence-electron chi connectivity index (χ3n) is 2.97. The predicted octanol–water partition coefficient (Wildman–Crippen LogP) is 2.25. The smallest absolute Gasteiger partial charge is 0.262 e. The summed E-state index contributed by atoms with van der Waals surface area (Å²) >= 11 is 1.43. The van der Waals surface area contributed by atoms with Gasteiger partial charge >= 0.3 is 0 Å². The van der Waals surface area contributed by atoms with Crippen molar-refractivity contribution in [2.24, 2.45) is 0 Å². The first-order valence-electron chi connectivity index (χ1n) is 6.75. The van der Waals surface area contributed by atoms with Crippen molar-refractivity contribution in [2.45, 2.75) is 32.2 Å². The quantitative estimate of drug-likeness (QED) is 0.851. The van der Waals surface area contributed by atoms with E-state index in [9.17, 15) is 8.42 Å². The van der Waals surface area contributed by atoms with E-state index in [-0.39, 0.29) is 5.03 Å². The molecule has 0 saturated carbocycles. The van der Waals surface area contributed by atoms with Crippen molar-refractivity contribution in [1.82, 2.24) is 13.7 Å². The average Bonchev–Trinajstić information content (AvgIpc) is 2.95. The molecule has 0 aliphatic rings. The molecule has 2 aromatic heterocycles. The third kappa shape index (κ3) is 2.55. The molecule has 0 atom stereocenters. The summed E-state index contributed by atoms with van der Waals surface area (Å²) in [4.78, 5) is 5.06. The molecule has 0 saturated heterocycles. The summed E-state index contributed by atoms with van der Waals surface area (Å²) in [6.45, 7) is 7.35. The average molecular weight is 316 g/mol. The number of aromatic nitrogens is 2. The van der Waals surface area contributed by atoms with Crippen LogP contribution in [0, 0.1) is 0 Å². The molecule has 0 radical (unpaired) electrons. The molecule has 0 unspecified atom stereocenters. The summed E-state index contributed by atoms with van der Waals surface area (Å²) in [6.07, 6.45) is 2.54. The molecule has 0 aromatic carbocycles. The number of nitrogens with zero attached hydrogens (tertiary/aromatic N) is 3. The van der Waals surface area contributed by atoms with Crippen LogP contribution in [-0.4, -0.2) is 41.7 Å². The summed E-state index contributed by atoms with van der Waals surface area (Å²) in [7, 11) is -3.54. The highest BCUT2D eigenvalue weighted by Crippen LogP contribution is 2.28. The molecular weight excluding hydrogens is 296 g/mol. The van der Waals surface area contributed by atoms with Crippen LogP contribution in [0.3, 0.4) is 0 Å². The minimum Gasteiger partial charge on any atom is -0.368 e. The van der Waals surface area contributed by atoms with Gasteiger partial charge in [0.05, 0.1) is 0 Å². The Labute approximate surface area is 123 Å². The Kier molecular flexibility index (Phi) is 4.66. The minimum absolute atomic E-state index is 0.242. The molecular formula is C12H20N4O2S2. The molecule has 2 rings (SSSR count). The summed E-state index contributed by atoms with van der Waals surface area (Å²) in [5.41, 5.74) is 0. The zero-order valence-corrected chi connectivity index (χ0v) is 13.6. The van der Waals surface area contributed by atoms with Crippen LogP contribution in [-0.2, 0) is 10.0 Å². The molecule has 1 N–H and O–H groups in total. The number of imidazole rings is 1. The van der Waals surface area contributed by atoms with Crippen molar-refractivity contribution in [3.05, 3.63) is 11.6 Å². The molecule has 112 valence electrons. The van der Waals surface area contributed by atoms with Gasteiger partial charge in [0.15, 0.2) is 15.8 Å². The van der Waals surface area contributed by atoms with Gasteiger partial charge in [-0.15, -0.1) is 11.3 Å². The lowest BCUT2D eigenvalue weighted by Gasteiger charge is -2.19. The van der Waals surface area contributed by atoms with Gasteiger partial charge in [-0.25, -0.2) is 13.4 Å². The Morgan fingerprint density at radius 1 is 1.40 bits per heavy atom. The molecule has 2 heterocycles. The fraction of sp³-hybridized carbons (Fsp3) is 0.583. The third-order valence-corrected chi connectivity index (χ3v) is 5.73. The Morgan fingerprint density at radius 2 is 2.15 bits per heavy atom. The number of anilines is 1. The number of thiazole rings is 1. The second kappa shape index (κ2) is 6.11. The Morgan fingerprint density at radius 3 is 2.75 bits per heavy atom. The van der Waals surface area contributed by atoms with Gasteiger partial charge < -0.3 is 5.32 Å². The van der Waals surface area contributed by atoms with Crippen molar-refractivity contribution in [3.63, 3.8) is 0 Å². The highest BCUT2D eigenvalue weighted by atomic mass is 32.2. The minimum atomic E-state index is -3.54. The van der Waals surface area contributed by atoms with Crippen LogP contribution in [0.5, 0.6) is 0 Å². The van der Waals surface area contributed by atoms with Gasteiger partial charge in [-0.2, -0.15) is 4.31 Å². The standard InChI is InChI=1S/C12H20N4O2S2/c1-4-7-15(6-3)20(17,18)11-10(13-5-2)14-12-16(11)8-9-19-12/h8-9,13H,4-7H2,1-3H3. The van der Waals surface area contributed by atoms with Gasteiger partial charge in [0.1, 0.15) is 0 Å². The largest absolute Gasteiger partial charge is 0.368 e. The van der Waals surface area contributed by atoms with E-state index in [0.29, 0.717) is 30.4 Å². The maximum atomic E-state index is 12.9. The van der Waals surface area contributed by atoms with Crippen LogP contribution in [0.2, 0.25) is 0 Å². The zero-order chi connectivity index (χ0) is 14.8. The van der Waals surface area contributed by atoms with E-state index in [4.69, 9.17) is 0 Å². The van der Waals surface area contributed by atoms with Crippen molar-refractivity contribution in [1.29, 1.82) is 0 Å². The first kappa shape index (κ1) is 15.3. The fourth-order valence-electron chi connectivity index (χ4n) is 2.11. The number of rotatable bonds is 7. The van der Waals surface area contributed by atoms with Crippen LogP contribution >= 0.6 is 11.3 Å². The number of hydrogen-bond acceptors (Lipinski definition) is 5. The molecule has 20 heavy (non-hydrogen) atoms. The summed E-state index contributed by atoms with van der Waals surface area (Å²) in [5.74, 6) is 0.439. The lowest BCUT2D eigenvalue weighted by molar-refractivity contribution is 0.425. The lowest BCUT2D eigenvalue weighted by atomic mass is 10.5. The second-order valence-electron chi connectivity index (χ2n) is 4.35. The van der Waals surface area contributed by atoms with E-state index in [1.165, 1.54) is 15.6 Å². The molecule has 0 aliphatic heterocycles. The molecule has 8 heteroatoms. The molecule has 6 nitrogen and oxygen atoms in total. The zero-order valence-electron chi connectivity index (χ0n) is 12.0. The van der Waals surface area contributed by atoms with E-state index in [0.717, 1.165) is 6.42 Å². The van der Waals surface area contributed by atoms with Crippen molar-refractivity contribution in [3.8, 4) is 0 Å². The highest BCUT2D eigenvalue weighted by Gasteiger charge is 2.30. The number of sulfonamides is 1. The molecule has 0 spiro atoms. The van der Waals surface area contributed by atoms with Gasteiger partial charge in [0.25, 0.3) is 10.0 Å². The molecule has 0 aliphatic carbocycles. The summed E-state index contributed by atoms with van der Waals surface area (Å²) in [6, 6.07) is 0. The van der Waals surface area contributed by atoms with Gasteiger partial charge in [-0.3, -0.25) is 4.40 Å². The van der Waals surface area contributed by atoms with Crippen molar-refractivity contribution in [2.75, 3.05) is 25.0 Å². The SMILES string of the molecule is CCCN(CC)S(=O)(=O)c1c(NCC)nc2sccn12. The van der Waals surface area contributed by atoms with E-state index in [2.05, 4.69) is 10.3 Å². The predicted molar refractivity (Wildman–Crippen MR) is 82.0 cm³/mol. The molecule has 0 fully saturated rings. The van der Waals surface area contributed by atoms with Crippen LogP contribution in [0.25, 0.3) is 4.96 Å². The number of nitrogens with one attached hydrogen (secondary N) is 1. The van der Waals surface area contributed by atoms with Crippen molar-refractivity contribution >= 4 is 32.1 Å². The molecule has 0 amide bonds. The van der Waals surface area contributed by atoms with E-state index >= 15 is 0 Å². The van der Waals surface area contributed by atoms with Crippen LogP contribution < -0.4 is 5.32 Å². The summed E-state index contributed by atoms with van der Waals surface area (Å²) < 4.78 is 28.8. The second-order valence-corrected chi connectivity index (χ2v) is 7.07. The normalized spacial score (nSPS) is 12.4. The summed E-state index contributed by atoms with van der Waals surface area (Å²) in [5, 5.41) is 5.13. The topological polar surface area (TPSA) is 66.7 Å². The Bertz CT molecular complexity index is 675. The lowest BCUT2D eigenvalue weighted by Crippen LogP contribution is -2.32. The van der Waals surface area contributed by atoms with Crippen LogP contribution in [0.4, 0.5) is 5.82 Å². The number of fused-ring (bicyclic) bond motifs is 1. The maximum Gasteiger partial charge on any atom is 0.262 e. The van der Waals surface area contributed by atoms with Crippen LogP contribution in [0.1, 0.15) is 27.2 Å². The first-order valence-corrected chi connectivity index (χ1v) is 9.07. The number of hydrogen-bond donors (Lipinski definition) is 1. The van der Waals surface area contributed by atoms with Crippen LogP contribution in [0.15, 0.2) is 16.6 Å². The van der Waals surface area contributed by atoms with Gasteiger partial charge in [-0.05, 0) is 13.3 Å².